The first-order valence-electron chi connectivity index (χ1n) is 8.77. The highest BCUT2D eigenvalue weighted by atomic mass is 16.1. The molecule has 1 N–H and O–H groups in total. The number of fused-ring (bicyclic) bond motifs is 3. The Morgan fingerprint density at radius 3 is 2.65 bits per heavy atom. The standard InChI is InChI=1S/C19H29N3O/c1-7-22-16(17(23)19(4,5)6)14(11(2)3)15-12-8-9-20-10-13(12)21-18(15)22/h8-11,14-16,18,21H,7H2,1-6H3. The fraction of sp³-hybridized carbons (Fsp3) is 0.684. The summed E-state index contributed by atoms with van der Waals surface area (Å²) in [5.41, 5.74) is 2.14. The summed E-state index contributed by atoms with van der Waals surface area (Å²) in [5, 5.41) is 3.63. The van der Waals surface area contributed by atoms with Crippen LogP contribution in [0.4, 0.5) is 5.69 Å². The number of carbonyl (C=O) groups excluding carboxylic acids is 1. The highest BCUT2D eigenvalue weighted by Crippen LogP contribution is 2.52. The number of pyridine rings is 1. The molecular formula is C19H29N3O. The third kappa shape index (κ3) is 2.47. The molecule has 4 atom stereocenters. The fourth-order valence-corrected chi connectivity index (χ4v) is 4.47. The number of nitrogens with zero attached hydrogens (tertiary/aromatic N) is 2. The molecule has 4 nitrogen and oxygen atoms in total. The average molecular weight is 315 g/mol. The molecular weight excluding hydrogens is 286 g/mol. The van der Waals surface area contributed by atoms with Crippen molar-refractivity contribution in [3.8, 4) is 0 Å². The Hall–Kier alpha value is -1.42. The first-order chi connectivity index (χ1) is 10.8. The summed E-state index contributed by atoms with van der Waals surface area (Å²) >= 11 is 0. The number of likely N-dealkylation sites (N-methyl/N-ethyl adjacent to an activating group) is 1. The van der Waals surface area contributed by atoms with Gasteiger partial charge >= 0.3 is 0 Å². The van der Waals surface area contributed by atoms with Crippen molar-refractivity contribution >= 4 is 11.5 Å². The minimum atomic E-state index is -0.315. The van der Waals surface area contributed by atoms with E-state index in [-0.39, 0.29) is 17.6 Å². The van der Waals surface area contributed by atoms with Gasteiger partial charge in [0.1, 0.15) is 0 Å². The summed E-state index contributed by atoms with van der Waals surface area (Å²) in [4.78, 5) is 19.8. The molecule has 0 spiro atoms. The number of ketones is 1. The Bertz CT molecular complexity index is 605. The number of rotatable bonds is 3. The van der Waals surface area contributed by atoms with Crippen LogP contribution in [-0.4, -0.2) is 34.4 Å². The Balaban J connectivity index is 2.07. The molecule has 1 fully saturated rings. The van der Waals surface area contributed by atoms with Crippen molar-refractivity contribution in [1.29, 1.82) is 0 Å². The van der Waals surface area contributed by atoms with Crippen LogP contribution in [0.3, 0.4) is 0 Å². The number of anilines is 1. The number of hydrogen-bond donors (Lipinski definition) is 1. The van der Waals surface area contributed by atoms with Crippen molar-refractivity contribution in [2.24, 2.45) is 17.3 Å². The summed E-state index contributed by atoms with van der Waals surface area (Å²) in [6, 6.07) is 2.11. The molecule has 1 saturated heterocycles. The van der Waals surface area contributed by atoms with Gasteiger partial charge in [-0.3, -0.25) is 14.7 Å². The van der Waals surface area contributed by atoms with Crippen LogP contribution in [-0.2, 0) is 4.79 Å². The molecule has 4 unspecified atom stereocenters. The van der Waals surface area contributed by atoms with E-state index in [2.05, 4.69) is 42.0 Å². The van der Waals surface area contributed by atoms with Crippen molar-refractivity contribution in [3.63, 3.8) is 0 Å². The van der Waals surface area contributed by atoms with Crippen LogP contribution >= 0.6 is 0 Å². The molecule has 1 aromatic rings. The molecule has 3 heterocycles. The van der Waals surface area contributed by atoms with Gasteiger partial charge in [0.05, 0.1) is 24.1 Å². The second kappa shape index (κ2) is 5.59. The first-order valence-corrected chi connectivity index (χ1v) is 8.77. The Morgan fingerprint density at radius 2 is 2.09 bits per heavy atom. The molecule has 0 aromatic carbocycles. The van der Waals surface area contributed by atoms with Gasteiger partial charge in [0.2, 0.25) is 0 Å². The summed E-state index contributed by atoms with van der Waals surface area (Å²) in [5.74, 6) is 1.52. The minimum absolute atomic E-state index is 0.0104. The van der Waals surface area contributed by atoms with Crippen molar-refractivity contribution in [1.82, 2.24) is 9.88 Å². The van der Waals surface area contributed by atoms with Crippen molar-refractivity contribution in [3.05, 3.63) is 24.0 Å². The van der Waals surface area contributed by atoms with Crippen LogP contribution in [0.25, 0.3) is 0 Å². The SMILES string of the molecule is CCN1C2Nc3cnccc3C2C(C(C)C)C1C(=O)C(C)(C)C. The molecule has 0 amide bonds. The second-order valence-electron chi connectivity index (χ2n) is 8.29. The van der Waals surface area contributed by atoms with Crippen molar-refractivity contribution < 1.29 is 4.79 Å². The number of nitrogens with one attached hydrogen (secondary N) is 1. The summed E-state index contributed by atoms with van der Waals surface area (Å²) in [6.45, 7) is 13.7. The molecule has 4 heteroatoms. The van der Waals surface area contributed by atoms with E-state index in [1.165, 1.54) is 5.56 Å². The zero-order valence-electron chi connectivity index (χ0n) is 15.1. The molecule has 0 aliphatic carbocycles. The monoisotopic (exact) mass is 315 g/mol. The number of Topliss-reactive ketones (excluding diaryl/α,β-unsaturated/α-hetero) is 1. The number of likely N-dealkylation sites (tertiary alicyclic amines) is 1. The van der Waals surface area contributed by atoms with Crippen LogP contribution in [0.15, 0.2) is 18.5 Å². The van der Waals surface area contributed by atoms with Gasteiger partial charge in [-0.1, -0.05) is 41.5 Å². The quantitative estimate of drug-likeness (QED) is 0.927. The zero-order valence-corrected chi connectivity index (χ0v) is 15.1. The normalized spacial score (nSPS) is 30.2. The van der Waals surface area contributed by atoms with E-state index in [1.807, 2.05) is 33.2 Å². The van der Waals surface area contributed by atoms with Gasteiger partial charge in [0.15, 0.2) is 5.78 Å². The molecule has 0 saturated carbocycles. The third-order valence-corrected chi connectivity index (χ3v) is 5.49. The first kappa shape index (κ1) is 16.4. The molecule has 1 aromatic heterocycles. The van der Waals surface area contributed by atoms with Crippen molar-refractivity contribution in [2.45, 2.75) is 59.7 Å². The lowest BCUT2D eigenvalue weighted by atomic mass is 9.73. The molecule has 2 aliphatic rings. The molecule has 126 valence electrons. The van der Waals surface area contributed by atoms with Crippen molar-refractivity contribution in [2.75, 3.05) is 11.9 Å². The highest BCUT2D eigenvalue weighted by molar-refractivity contribution is 5.90. The van der Waals surface area contributed by atoms with E-state index in [0.29, 0.717) is 23.5 Å². The zero-order chi connectivity index (χ0) is 16.9. The lowest BCUT2D eigenvalue weighted by molar-refractivity contribution is -0.132. The minimum Gasteiger partial charge on any atom is -0.368 e. The third-order valence-electron chi connectivity index (χ3n) is 5.49. The van der Waals surface area contributed by atoms with E-state index >= 15 is 0 Å². The lowest BCUT2D eigenvalue weighted by Crippen LogP contribution is -2.49. The van der Waals surface area contributed by atoms with Gasteiger partial charge in [-0.25, -0.2) is 0 Å². The maximum Gasteiger partial charge on any atom is 0.155 e. The van der Waals surface area contributed by atoms with Gasteiger partial charge in [-0.05, 0) is 30.0 Å². The van der Waals surface area contributed by atoms with E-state index in [4.69, 9.17) is 0 Å². The highest BCUT2D eigenvalue weighted by Gasteiger charge is 2.56. The smallest absolute Gasteiger partial charge is 0.155 e. The molecule has 2 aliphatic heterocycles. The van der Waals surface area contributed by atoms with E-state index < -0.39 is 0 Å². The van der Waals surface area contributed by atoms with Crippen LogP contribution in [0.1, 0.15) is 53.0 Å². The maximum absolute atomic E-state index is 13.2. The summed E-state index contributed by atoms with van der Waals surface area (Å²) < 4.78 is 0. The van der Waals surface area contributed by atoms with Gasteiger partial charge in [-0.15, -0.1) is 0 Å². The predicted molar refractivity (Wildman–Crippen MR) is 93.3 cm³/mol. The van der Waals surface area contributed by atoms with Crippen LogP contribution in [0.2, 0.25) is 0 Å². The number of carbonyl (C=O) groups is 1. The molecule has 0 radical (unpaired) electrons. The van der Waals surface area contributed by atoms with Gasteiger partial charge < -0.3 is 5.32 Å². The lowest BCUT2D eigenvalue weighted by Gasteiger charge is -2.35. The second-order valence-corrected chi connectivity index (χ2v) is 8.29. The van der Waals surface area contributed by atoms with E-state index in [1.54, 1.807) is 0 Å². The molecule has 23 heavy (non-hydrogen) atoms. The van der Waals surface area contributed by atoms with Crippen LogP contribution in [0, 0.1) is 17.3 Å². The Labute approximate surface area is 139 Å². The summed E-state index contributed by atoms with van der Waals surface area (Å²) in [7, 11) is 0. The molecule has 3 rings (SSSR count). The Kier molecular flexibility index (Phi) is 3.99. The average Bonchev–Trinajstić information content (AvgIpc) is 2.98. The van der Waals surface area contributed by atoms with Gasteiger partial charge in [-0.2, -0.15) is 0 Å². The summed E-state index contributed by atoms with van der Waals surface area (Å²) in [6.07, 6.45) is 4.00. The van der Waals surface area contributed by atoms with Crippen LogP contribution < -0.4 is 5.32 Å². The van der Waals surface area contributed by atoms with E-state index in [9.17, 15) is 4.79 Å². The number of aromatic nitrogens is 1. The maximum atomic E-state index is 13.2. The fourth-order valence-electron chi connectivity index (χ4n) is 4.47. The topological polar surface area (TPSA) is 45.2 Å². The van der Waals surface area contributed by atoms with Gasteiger partial charge in [0.25, 0.3) is 0 Å². The Morgan fingerprint density at radius 1 is 1.39 bits per heavy atom. The number of hydrogen-bond acceptors (Lipinski definition) is 4. The van der Waals surface area contributed by atoms with Crippen LogP contribution in [0.5, 0.6) is 0 Å². The van der Waals surface area contributed by atoms with E-state index in [0.717, 1.165) is 12.2 Å². The predicted octanol–water partition coefficient (Wildman–Crippen LogP) is 3.51. The van der Waals surface area contributed by atoms with Gasteiger partial charge in [0, 0.05) is 17.5 Å². The largest absolute Gasteiger partial charge is 0.368 e. The molecule has 0 bridgehead atoms.